The Hall–Kier alpha value is -0.610. The quantitative estimate of drug-likeness (QED) is 0.767. The van der Waals surface area contributed by atoms with E-state index in [4.69, 9.17) is 0 Å². The summed E-state index contributed by atoms with van der Waals surface area (Å²) < 4.78 is 0. The van der Waals surface area contributed by atoms with Crippen LogP contribution in [0.3, 0.4) is 0 Å². The van der Waals surface area contributed by atoms with E-state index >= 15 is 0 Å². The first kappa shape index (κ1) is 16.4. The second-order valence-corrected chi connectivity index (χ2v) is 6.35. The number of rotatable bonds is 7. The van der Waals surface area contributed by atoms with E-state index in [0.717, 1.165) is 25.8 Å². The molecular weight excluding hydrogens is 238 g/mol. The van der Waals surface area contributed by atoms with Crippen molar-refractivity contribution in [3.63, 3.8) is 0 Å². The summed E-state index contributed by atoms with van der Waals surface area (Å²) in [5.74, 6) is 0.741. The van der Waals surface area contributed by atoms with E-state index in [-0.39, 0.29) is 12.2 Å². The first-order valence-corrected chi connectivity index (χ1v) is 7.61. The molecule has 0 aliphatic carbocycles. The van der Waals surface area contributed by atoms with Crippen molar-refractivity contribution in [1.29, 1.82) is 0 Å². The van der Waals surface area contributed by atoms with Gasteiger partial charge in [-0.15, -0.1) is 0 Å². The Kier molecular flexibility index (Phi) is 6.27. The van der Waals surface area contributed by atoms with Crippen LogP contribution in [0, 0.1) is 5.92 Å². The molecule has 1 aliphatic rings. The van der Waals surface area contributed by atoms with E-state index in [2.05, 4.69) is 56.9 Å². The summed E-state index contributed by atoms with van der Waals surface area (Å²) in [4.78, 5) is 16.8. The second kappa shape index (κ2) is 7.25. The monoisotopic (exact) mass is 269 g/mol. The zero-order valence-electron chi connectivity index (χ0n) is 13.4. The molecule has 0 aromatic heterocycles. The van der Waals surface area contributed by atoms with Crippen LogP contribution in [0.4, 0.5) is 0 Å². The Labute approximate surface area is 118 Å². The predicted molar refractivity (Wildman–Crippen MR) is 79.9 cm³/mol. The molecule has 4 nitrogen and oxygen atoms in total. The van der Waals surface area contributed by atoms with Gasteiger partial charge in [-0.2, -0.15) is 0 Å². The highest BCUT2D eigenvalue weighted by molar-refractivity contribution is 5.84. The minimum absolute atomic E-state index is 0.0294. The maximum Gasteiger partial charge on any atom is 0.241 e. The lowest BCUT2D eigenvalue weighted by atomic mass is 10.1. The third kappa shape index (κ3) is 4.18. The van der Waals surface area contributed by atoms with Crippen molar-refractivity contribution >= 4 is 5.91 Å². The SMILES string of the molecule is CCCCC1NC(C(C)C)N(CC(C)N(C)C)C1=O. The molecule has 1 rings (SSSR count). The average molecular weight is 269 g/mol. The van der Waals surface area contributed by atoms with E-state index in [1.807, 2.05) is 0 Å². The van der Waals surface area contributed by atoms with Gasteiger partial charge in [-0.25, -0.2) is 0 Å². The van der Waals surface area contributed by atoms with E-state index in [9.17, 15) is 4.79 Å². The molecule has 0 aromatic carbocycles. The van der Waals surface area contributed by atoms with E-state index in [1.54, 1.807) is 0 Å². The maximum absolute atomic E-state index is 12.5. The van der Waals surface area contributed by atoms with Crippen LogP contribution >= 0.6 is 0 Å². The molecule has 1 amide bonds. The first-order valence-electron chi connectivity index (χ1n) is 7.61. The number of hydrogen-bond acceptors (Lipinski definition) is 3. The molecule has 0 saturated carbocycles. The fraction of sp³-hybridized carbons (Fsp3) is 0.933. The van der Waals surface area contributed by atoms with Gasteiger partial charge < -0.3 is 9.80 Å². The summed E-state index contributed by atoms with van der Waals surface area (Å²) in [7, 11) is 4.13. The van der Waals surface area contributed by atoms with Gasteiger partial charge >= 0.3 is 0 Å². The van der Waals surface area contributed by atoms with Crippen molar-refractivity contribution in [3.05, 3.63) is 0 Å². The van der Waals surface area contributed by atoms with Gasteiger partial charge in [0.1, 0.15) is 0 Å². The first-order chi connectivity index (χ1) is 8.88. The van der Waals surface area contributed by atoms with Gasteiger partial charge in [-0.1, -0.05) is 33.6 Å². The van der Waals surface area contributed by atoms with Crippen molar-refractivity contribution < 1.29 is 4.79 Å². The van der Waals surface area contributed by atoms with Gasteiger partial charge in [0.2, 0.25) is 5.91 Å². The molecule has 1 heterocycles. The van der Waals surface area contributed by atoms with Crippen LogP contribution in [-0.2, 0) is 4.79 Å². The zero-order valence-corrected chi connectivity index (χ0v) is 13.4. The summed E-state index contributed by atoms with van der Waals surface area (Å²) in [6, 6.07) is 0.415. The van der Waals surface area contributed by atoms with E-state index in [0.29, 0.717) is 17.9 Å². The summed E-state index contributed by atoms with van der Waals surface area (Å²) in [6.45, 7) is 9.51. The third-order valence-corrected chi connectivity index (χ3v) is 4.11. The Morgan fingerprint density at radius 3 is 2.42 bits per heavy atom. The average Bonchev–Trinajstić information content (AvgIpc) is 2.64. The van der Waals surface area contributed by atoms with Crippen LogP contribution in [0.25, 0.3) is 0 Å². The van der Waals surface area contributed by atoms with Gasteiger partial charge in [0.05, 0.1) is 12.2 Å². The van der Waals surface area contributed by atoms with Crippen molar-refractivity contribution in [2.75, 3.05) is 20.6 Å². The molecule has 0 bridgehead atoms. The molecule has 0 spiro atoms. The molecule has 1 fully saturated rings. The van der Waals surface area contributed by atoms with Crippen LogP contribution in [0.1, 0.15) is 47.0 Å². The van der Waals surface area contributed by atoms with Gasteiger partial charge in [-0.05, 0) is 33.4 Å². The van der Waals surface area contributed by atoms with Crippen LogP contribution in [0.5, 0.6) is 0 Å². The number of nitrogens with zero attached hydrogens (tertiary/aromatic N) is 2. The number of nitrogens with one attached hydrogen (secondary N) is 1. The van der Waals surface area contributed by atoms with Crippen LogP contribution in [-0.4, -0.2) is 54.6 Å². The Morgan fingerprint density at radius 2 is 1.95 bits per heavy atom. The van der Waals surface area contributed by atoms with Gasteiger partial charge in [0.15, 0.2) is 0 Å². The van der Waals surface area contributed by atoms with E-state index in [1.165, 1.54) is 0 Å². The molecule has 0 aromatic rings. The highest BCUT2D eigenvalue weighted by atomic mass is 16.2. The van der Waals surface area contributed by atoms with Crippen molar-refractivity contribution in [1.82, 2.24) is 15.1 Å². The van der Waals surface area contributed by atoms with Crippen LogP contribution in [0.15, 0.2) is 0 Å². The molecule has 19 heavy (non-hydrogen) atoms. The maximum atomic E-state index is 12.5. The molecule has 1 saturated heterocycles. The standard InChI is InChI=1S/C15H31N3O/c1-7-8-9-13-15(19)18(10-12(4)17(5)6)14(16-13)11(2)3/h11-14,16H,7-10H2,1-6H3. The molecule has 0 radical (unpaired) electrons. The number of carbonyl (C=O) groups is 1. The smallest absolute Gasteiger partial charge is 0.241 e. The van der Waals surface area contributed by atoms with Gasteiger partial charge in [0.25, 0.3) is 0 Å². The summed E-state index contributed by atoms with van der Waals surface area (Å²) in [6.07, 6.45) is 3.42. The van der Waals surface area contributed by atoms with Crippen LogP contribution < -0.4 is 5.32 Å². The second-order valence-electron chi connectivity index (χ2n) is 6.35. The summed E-state index contributed by atoms with van der Waals surface area (Å²) in [5.41, 5.74) is 0. The highest BCUT2D eigenvalue weighted by Gasteiger charge is 2.40. The van der Waals surface area contributed by atoms with Crippen LogP contribution in [0.2, 0.25) is 0 Å². The molecule has 4 heteroatoms. The lowest BCUT2D eigenvalue weighted by Gasteiger charge is -2.31. The molecule has 3 atom stereocenters. The van der Waals surface area contributed by atoms with Crippen molar-refractivity contribution in [2.24, 2.45) is 5.92 Å². The fourth-order valence-electron chi connectivity index (χ4n) is 2.52. The zero-order chi connectivity index (χ0) is 14.6. The Bertz CT molecular complexity index is 291. The van der Waals surface area contributed by atoms with E-state index < -0.39 is 0 Å². The minimum atomic E-state index is 0.0294. The topological polar surface area (TPSA) is 35.6 Å². The Balaban J connectivity index is 2.71. The number of carbonyl (C=O) groups excluding carboxylic acids is 1. The summed E-state index contributed by atoms with van der Waals surface area (Å²) >= 11 is 0. The number of amides is 1. The molecule has 1 aliphatic heterocycles. The number of unbranched alkanes of at least 4 members (excludes halogenated alkanes) is 1. The molecular formula is C15H31N3O. The highest BCUT2D eigenvalue weighted by Crippen LogP contribution is 2.21. The number of hydrogen-bond donors (Lipinski definition) is 1. The fourth-order valence-corrected chi connectivity index (χ4v) is 2.52. The van der Waals surface area contributed by atoms with Crippen molar-refractivity contribution in [3.8, 4) is 0 Å². The summed E-state index contributed by atoms with van der Waals surface area (Å²) in [5, 5.41) is 3.53. The molecule has 112 valence electrons. The molecule has 1 N–H and O–H groups in total. The van der Waals surface area contributed by atoms with Crippen molar-refractivity contribution in [2.45, 2.75) is 65.2 Å². The lowest BCUT2D eigenvalue weighted by molar-refractivity contribution is -0.131. The third-order valence-electron chi connectivity index (χ3n) is 4.11. The predicted octanol–water partition coefficient (Wildman–Crippen LogP) is 1.91. The minimum Gasteiger partial charge on any atom is -0.324 e. The molecule has 3 unspecified atom stereocenters. The normalized spacial score (nSPS) is 25.7. The largest absolute Gasteiger partial charge is 0.324 e. The Morgan fingerprint density at radius 1 is 1.32 bits per heavy atom. The van der Waals surface area contributed by atoms with Gasteiger partial charge in [-0.3, -0.25) is 10.1 Å². The lowest BCUT2D eigenvalue weighted by Crippen LogP contribution is -2.47. The van der Waals surface area contributed by atoms with Gasteiger partial charge in [0, 0.05) is 12.6 Å². The number of likely N-dealkylation sites (N-methyl/N-ethyl adjacent to an activating group) is 1.